The number of amides is 1. The molecule has 3 N–H and O–H groups in total. The van der Waals surface area contributed by atoms with Gasteiger partial charge in [0, 0.05) is 29.3 Å². The number of carbonyl (C=O) groups excluding carboxylic acids is 1. The van der Waals surface area contributed by atoms with E-state index in [1.54, 1.807) is 0 Å². The molecule has 1 saturated carbocycles. The van der Waals surface area contributed by atoms with E-state index in [0.29, 0.717) is 0 Å². The molecule has 124 valence electrons. The molecule has 0 aromatic heterocycles. The monoisotopic (exact) mass is 362 g/mol. The summed E-state index contributed by atoms with van der Waals surface area (Å²) in [7, 11) is 0. The molecule has 0 saturated heterocycles. The fraction of sp³-hybridized carbons (Fsp3) is 0.562. The molecule has 1 aromatic carbocycles. The van der Waals surface area contributed by atoms with Crippen molar-refractivity contribution in [1.82, 2.24) is 5.32 Å². The average molecular weight is 363 g/mol. The minimum Gasteiger partial charge on any atom is -0.356 e. The van der Waals surface area contributed by atoms with Gasteiger partial charge in [-0.25, -0.2) is 0 Å². The van der Waals surface area contributed by atoms with Crippen LogP contribution in [0.1, 0.15) is 31.2 Å². The maximum atomic E-state index is 11.9. The molecule has 3 nitrogen and oxygen atoms in total. The number of nitrogens with one attached hydrogen (secondary N) is 1. The standard InChI is InChI=1S/C16H23ClN2OS.ClH/c17-15-5-2-1-4-13(15)11-21-9-3-8-19-16(20)12-6-7-14(18)10-12;/h1-2,4-5,12,14H,3,6-11,18H2,(H,19,20);1H/t12-,14+;/m0./s1. The zero-order valence-corrected chi connectivity index (χ0v) is 15.0. The Labute approximate surface area is 148 Å². The van der Waals surface area contributed by atoms with Crippen LogP contribution in [-0.4, -0.2) is 24.2 Å². The Balaban J connectivity index is 0.00000242. The SMILES string of the molecule is Cl.N[C@@H]1CC[C@H](C(=O)NCCCSCc2ccccc2Cl)C1. The van der Waals surface area contributed by atoms with E-state index in [1.165, 1.54) is 5.56 Å². The van der Waals surface area contributed by atoms with Gasteiger partial charge in [-0.05, 0) is 43.1 Å². The molecule has 0 spiro atoms. The predicted molar refractivity (Wildman–Crippen MR) is 97.8 cm³/mol. The number of hydrogen-bond donors (Lipinski definition) is 2. The van der Waals surface area contributed by atoms with Crippen LogP contribution in [0.5, 0.6) is 0 Å². The van der Waals surface area contributed by atoms with E-state index in [-0.39, 0.29) is 30.3 Å². The molecule has 22 heavy (non-hydrogen) atoms. The molecule has 2 rings (SSSR count). The van der Waals surface area contributed by atoms with Gasteiger partial charge >= 0.3 is 0 Å². The smallest absolute Gasteiger partial charge is 0.223 e. The Kier molecular flexibility index (Phi) is 9.25. The summed E-state index contributed by atoms with van der Waals surface area (Å²) >= 11 is 7.96. The van der Waals surface area contributed by atoms with Crippen LogP contribution >= 0.6 is 35.8 Å². The number of nitrogens with two attached hydrogens (primary N) is 1. The fourth-order valence-electron chi connectivity index (χ4n) is 2.58. The maximum absolute atomic E-state index is 11.9. The first-order chi connectivity index (χ1) is 10.2. The Hall–Kier alpha value is -0.420. The maximum Gasteiger partial charge on any atom is 0.223 e. The van der Waals surface area contributed by atoms with E-state index in [4.69, 9.17) is 17.3 Å². The van der Waals surface area contributed by atoms with E-state index in [1.807, 2.05) is 30.0 Å². The van der Waals surface area contributed by atoms with Gasteiger partial charge in [-0.3, -0.25) is 4.79 Å². The molecular formula is C16H24Cl2N2OS. The number of rotatable bonds is 7. The second kappa shape index (κ2) is 10.4. The van der Waals surface area contributed by atoms with Gasteiger partial charge < -0.3 is 11.1 Å². The van der Waals surface area contributed by atoms with Crippen LogP contribution in [-0.2, 0) is 10.5 Å². The first-order valence-corrected chi connectivity index (χ1v) is 9.04. The van der Waals surface area contributed by atoms with E-state index < -0.39 is 0 Å². The van der Waals surface area contributed by atoms with E-state index >= 15 is 0 Å². The normalized spacial score (nSPS) is 20.5. The molecular weight excluding hydrogens is 339 g/mol. The highest BCUT2D eigenvalue weighted by Gasteiger charge is 2.27. The van der Waals surface area contributed by atoms with Gasteiger partial charge in [0.2, 0.25) is 5.91 Å². The Morgan fingerprint density at radius 1 is 1.36 bits per heavy atom. The number of hydrogen-bond acceptors (Lipinski definition) is 3. The van der Waals surface area contributed by atoms with Gasteiger partial charge in [0.15, 0.2) is 0 Å². The molecule has 0 unspecified atom stereocenters. The van der Waals surface area contributed by atoms with Crippen LogP contribution in [0.3, 0.4) is 0 Å². The Bertz CT molecular complexity index is 473. The van der Waals surface area contributed by atoms with Crippen LogP contribution < -0.4 is 11.1 Å². The summed E-state index contributed by atoms with van der Waals surface area (Å²) in [5.74, 6) is 2.26. The van der Waals surface area contributed by atoms with Crippen LogP contribution in [0.25, 0.3) is 0 Å². The van der Waals surface area contributed by atoms with Crippen molar-refractivity contribution >= 4 is 41.7 Å². The van der Waals surface area contributed by atoms with Crippen molar-refractivity contribution in [2.24, 2.45) is 11.7 Å². The topological polar surface area (TPSA) is 55.1 Å². The second-order valence-electron chi connectivity index (χ2n) is 5.56. The third-order valence-corrected chi connectivity index (χ3v) is 5.29. The molecule has 1 fully saturated rings. The number of carbonyl (C=O) groups is 1. The summed E-state index contributed by atoms with van der Waals surface area (Å²) in [6, 6.07) is 8.14. The molecule has 0 aliphatic heterocycles. The summed E-state index contributed by atoms with van der Waals surface area (Å²) in [6.07, 6.45) is 3.74. The highest BCUT2D eigenvalue weighted by molar-refractivity contribution is 7.98. The predicted octanol–water partition coefficient (Wildman–Crippen LogP) is 3.63. The molecule has 1 aliphatic carbocycles. The molecule has 1 amide bonds. The fourth-order valence-corrected chi connectivity index (χ4v) is 3.83. The quantitative estimate of drug-likeness (QED) is 0.728. The lowest BCUT2D eigenvalue weighted by atomic mass is 10.1. The van der Waals surface area contributed by atoms with E-state index in [2.05, 4.69) is 11.4 Å². The molecule has 1 aliphatic rings. The van der Waals surface area contributed by atoms with Gasteiger partial charge in [-0.15, -0.1) is 12.4 Å². The highest BCUT2D eigenvalue weighted by Crippen LogP contribution is 2.24. The van der Waals surface area contributed by atoms with Crippen LogP contribution in [0, 0.1) is 5.92 Å². The Morgan fingerprint density at radius 2 is 2.14 bits per heavy atom. The van der Waals surface area contributed by atoms with Crippen molar-refractivity contribution in [2.45, 2.75) is 37.5 Å². The van der Waals surface area contributed by atoms with Crippen molar-refractivity contribution in [3.63, 3.8) is 0 Å². The summed E-state index contributed by atoms with van der Waals surface area (Å²) in [5.41, 5.74) is 7.00. The molecule has 0 bridgehead atoms. The third kappa shape index (κ3) is 6.37. The van der Waals surface area contributed by atoms with Gasteiger partial charge in [-0.1, -0.05) is 29.8 Å². The van der Waals surface area contributed by atoms with Crippen molar-refractivity contribution in [1.29, 1.82) is 0 Å². The number of thioether (sulfide) groups is 1. The third-order valence-electron chi connectivity index (χ3n) is 3.82. The summed E-state index contributed by atoms with van der Waals surface area (Å²) in [6.45, 7) is 0.750. The largest absolute Gasteiger partial charge is 0.356 e. The van der Waals surface area contributed by atoms with Gasteiger partial charge in [0.05, 0.1) is 0 Å². The molecule has 1 aromatic rings. The Morgan fingerprint density at radius 3 is 2.82 bits per heavy atom. The molecule has 2 atom stereocenters. The number of benzene rings is 1. The van der Waals surface area contributed by atoms with Crippen LogP contribution in [0.4, 0.5) is 0 Å². The van der Waals surface area contributed by atoms with Gasteiger partial charge in [-0.2, -0.15) is 11.8 Å². The minimum absolute atomic E-state index is 0. The van der Waals surface area contributed by atoms with Crippen molar-refractivity contribution in [2.75, 3.05) is 12.3 Å². The summed E-state index contributed by atoms with van der Waals surface area (Å²) < 4.78 is 0. The van der Waals surface area contributed by atoms with E-state index in [0.717, 1.165) is 48.8 Å². The first-order valence-electron chi connectivity index (χ1n) is 7.51. The van der Waals surface area contributed by atoms with Crippen molar-refractivity contribution < 1.29 is 4.79 Å². The molecule has 0 radical (unpaired) electrons. The van der Waals surface area contributed by atoms with Crippen LogP contribution in [0.2, 0.25) is 5.02 Å². The summed E-state index contributed by atoms with van der Waals surface area (Å²) in [4.78, 5) is 11.9. The van der Waals surface area contributed by atoms with Gasteiger partial charge in [0.25, 0.3) is 0 Å². The summed E-state index contributed by atoms with van der Waals surface area (Å²) in [5, 5.41) is 3.85. The lowest BCUT2D eigenvalue weighted by Gasteiger charge is -2.10. The molecule has 6 heteroatoms. The van der Waals surface area contributed by atoms with Gasteiger partial charge in [0.1, 0.15) is 0 Å². The zero-order chi connectivity index (χ0) is 15.1. The van der Waals surface area contributed by atoms with Crippen LogP contribution in [0.15, 0.2) is 24.3 Å². The zero-order valence-electron chi connectivity index (χ0n) is 12.6. The number of halogens is 2. The second-order valence-corrected chi connectivity index (χ2v) is 7.07. The van der Waals surface area contributed by atoms with Crippen molar-refractivity contribution in [3.8, 4) is 0 Å². The van der Waals surface area contributed by atoms with Crippen molar-refractivity contribution in [3.05, 3.63) is 34.9 Å². The lowest BCUT2D eigenvalue weighted by molar-refractivity contribution is -0.124. The minimum atomic E-state index is 0. The lowest BCUT2D eigenvalue weighted by Crippen LogP contribution is -2.31. The van der Waals surface area contributed by atoms with E-state index in [9.17, 15) is 4.79 Å². The average Bonchev–Trinajstić information content (AvgIpc) is 2.91. The first kappa shape index (κ1) is 19.6. The molecule has 0 heterocycles. The highest BCUT2D eigenvalue weighted by atomic mass is 35.5.